The van der Waals surface area contributed by atoms with Crippen LogP contribution in [0.15, 0.2) is 64.6 Å². The zero-order valence-electron chi connectivity index (χ0n) is 19.0. The van der Waals surface area contributed by atoms with Gasteiger partial charge in [0.2, 0.25) is 0 Å². The van der Waals surface area contributed by atoms with Gasteiger partial charge in [0, 0.05) is 11.8 Å². The standard InChI is InChI=1S/C26H24FNO6/c1-4-32-18-11-12-19(21(14-18)33-5-2)24(29)22-23(20-13-6-15(3)34-20)28(26(31)25(22)30)17-9-7-16(27)8-10-17/h6-14,23,29H,4-5H2,1-3H3/b24-22-. The maximum absolute atomic E-state index is 13.5. The van der Waals surface area contributed by atoms with Crippen LogP contribution in [0.2, 0.25) is 0 Å². The summed E-state index contributed by atoms with van der Waals surface area (Å²) in [7, 11) is 0. The van der Waals surface area contributed by atoms with Crippen LogP contribution in [0.25, 0.3) is 5.76 Å². The normalized spacial score (nSPS) is 17.3. The van der Waals surface area contributed by atoms with Crippen molar-refractivity contribution in [1.82, 2.24) is 0 Å². The van der Waals surface area contributed by atoms with E-state index in [-0.39, 0.29) is 16.9 Å². The highest BCUT2D eigenvalue weighted by atomic mass is 19.1. The van der Waals surface area contributed by atoms with Crippen molar-refractivity contribution in [2.75, 3.05) is 18.1 Å². The van der Waals surface area contributed by atoms with E-state index in [1.54, 1.807) is 44.2 Å². The van der Waals surface area contributed by atoms with Gasteiger partial charge in [-0.15, -0.1) is 0 Å². The Morgan fingerprint density at radius 3 is 2.35 bits per heavy atom. The number of ketones is 1. The van der Waals surface area contributed by atoms with Gasteiger partial charge in [0.25, 0.3) is 11.7 Å². The molecule has 3 aromatic rings. The van der Waals surface area contributed by atoms with E-state index in [4.69, 9.17) is 13.9 Å². The van der Waals surface area contributed by atoms with Crippen molar-refractivity contribution in [2.24, 2.45) is 0 Å². The largest absolute Gasteiger partial charge is 0.507 e. The molecule has 34 heavy (non-hydrogen) atoms. The number of anilines is 1. The third-order valence-electron chi connectivity index (χ3n) is 5.40. The molecule has 4 rings (SSSR count). The second kappa shape index (κ2) is 9.43. The van der Waals surface area contributed by atoms with Gasteiger partial charge in [-0.25, -0.2) is 4.39 Å². The zero-order valence-corrected chi connectivity index (χ0v) is 19.0. The lowest BCUT2D eigenvalue weighted by Gasteiger charge is -2.23. The molecule has 2 heterocycles. The van der Waals surface area contributed by atoms with Crippen LogP contribution in [0.3, 0.4) is 0 Å². The number of halogens is 1. The molecule has 0 spiro atoms. The topological polar surface area (TPSA) is 89.2 Å². The summed E-state index contributed by atoms with van der Waals surface area (Å²) < 4.78 is 30.5. The number of carbonyl (C=O) groups is 2. The predicted octanol–water partition coefficient (Wildman–Crippen LogP) is 5.15. The lowest BCUT2D eigenvalue weighted by atomic mass is 9.98. The van der Waals surface area contributed by atoms with Crippen molar-refractivity contribution in [3.63, 3.8) is 0 Å². The van der Waals surface area contributed by atoms with E-state index in [0.717, 1.165) is 0 Å². The smallest absolute Gasteiger partial charge is 0.300 e. The maximum atomic E-state index is 13.5. The molecule has 1 saturated heterocycles. The van der Waals surface area contributed by atoms with E-state index in [2.05, 4.69) is 0 Å². The van der Waals surface area contributed by atoms with Crippen molar-refractivity contribution in [2.45, 2.75) is 26.8 Å². The Hall–Kier alpha value is -4.07. The highest BCUT2D eigenvalue weighted by Crippen LogP contribution is 2.44. The Labute approximate surface area is 196 Å². The fourth-order valence-electron chi connectivity index (χ4n) is 3.94. The Bertz CT molecular complexity index is 1260. The molecule has 1 fully saturated rings. The summed E-state index contributed by atoms with van der Waals surface area (Å²) in [6, 6.07) is 12.3. The number of Topliss-reactive ketones (excluding diaryl/α,β-unsaturated/α-hetero) is 1. The number of furan rings is 1. The molecule has 0 radical (unpaired) electrons. The third kappa shape index (κ3) is 4.14. The average molecular weight is 465 g/mol. The minimum atomic E-state index is -1.06. The summed E-state index contributed by atoms with van der Waals surface area (Å²) >= 11 is 0. The van der Waals surface area contributed by atoms with Gasteiger partial charge in [-0.3, -0.25) is 14.5 Å². The number of carbonyl (C=O) groups excluding carboxylic acids is 2. The van der Waals surface area contributed by atoms with Gasteiger partial charge < -0.3 is 19.0 Å². The number of hydrogen-bond donors (Lipinski definition) is 1. The van der Waals surface area contributed by atoms with Crippen molar-refractivity contribution < 1.29 is 33.0 Å². The Morgan fingerprint density at radius 2 is 1.74 bits per heavy atom. The molecule has 176 valence electrons. The highest BCUT2D eigenvalue weighted by Gasteiger charge is 2.48. The number of aliphatic hydroxyl groups excluding tert-OH is 1. The zero-order chi connectivity index (χ0) is 24.4. The van der Waals surface area contributed by atoms with Crippen molar-refractivity contribution in [1.29, 1.82) is 0 Å². The van der Waals surface area contributed by atoms with Crippen LogP contribution in [0.5, 0.6) is 11.5 Å². The first-order valence-electron chi connectivity index (χ1n) is 10.9. The minimum absolute atomic E-state index is 0.159. The number of nitrogens with zero attached hydrogens (tertiary/aromatic N) is 1. The van der Waals surface area contributed by atoms with Gasteiger partial charge in [0.15, 0.2) is 0 Å². The van der Waals surface area contributed by atoms with Crippen LogP contribution in [0.4, 0.5) is 10.1 Å². The molecule has 0 aliphatic carbocycles. The molecule has 2 aromatic carbocycles. The van der Waals surface area contributed by atoms with Gasteiger partial charge in [0.1, 0.15) is 40.6 Å². The summed E-state index contributed by atoms with van der Waals surface area (Å²) in [5, 5.41) is 11.3. The molecule has 1 aliphatic rings. The van der Waals surface area contributed by atoms with Crippen LogP contribution in [-0.2, 0) is 9.59 Å². The van der Waals surface area contributed by atoms with Crippen LogP contribution in [-0.4, -0.2) is 30.0 Å². The number of aliphatic hydroxyl groups is 1. The van der Waals surface area contributed by atoms with E-state index < -0.39 is 29.3 Å². The highest BCUT2D eigenvalue weighted by molar-refractivity contribution is 6.51. The number of aryl methyl sites for hydroxylation is 1. The molecule has 0 saturated carbocycles. The van der Waals surface area contributed by atoms with Gasteiger partial charge in [0.05, 0.1) is 24.4 Å². The Morgan fingerprint density at radius 1 is 1.03 bits per heavy atom. The molecule has 1 amide bonds. The fraction of sp³-hybridized carbons (Fsp3) is 0.231. The Kier molecular flexibility index (Phi) is 6.40. The van der Waals surface area contributed by atoms with Crippen molar-refractivity contribution >= 4 is 23.1 Å². The summed E-state index contributed by atoms with van der Waals surface area (Å²) in [6.45, 7) is 6.11. The predicted molar refractivity (Wildman–Crippen MR) is 123 cm³/mol. The minimum Gasteiger partial charge on any atom is -0.507 e. The molecule has 8 heteroatoms. The first-order chi connectivity index (χ1) is 16.3. The van der Waals surface area contributed by atoms with E-state index in [0.29, 0.717) is 36.2 Å². The van der Waals surface area contributed by atoms with E-state index in [9.17, 15) is 19.1 Å². The second-order valence-electron chi connectivity index (χ2n) is 7.62. The molecular weight excluding hydrogens is 441 g/mol. The molecule has 1 aliphatic heterocycles. The summed E-state index contributed by atoms with van der Waals surface area (Å²) in [5.74, 6) is -0.966. The molecule has 7 nitrogen and oxygen atoms in total. The SMILES string of the molecule is CCOc1ccc(/C(O)=C2/C(=O)C(=O)N(c3ccc(F)cc3)C2c2ccc(C)o2)c(OCC)c1. The molecule has 1 unspecified atom stereocenters. The molecule has 1 atom stereocenters. The monoisotopic (exact) mass is 465 g/mol. The van der Waals surface area contributed by atoms with Crippen molar-refractivity contribution in [3.8, 4) is 11.5 Å². The molecule has 1 N–H and O–H groups in total. The lowest BCUT2D eigenvalue weighted by Crippen LogP contribution is -2.29. The fourth-order valence-corrected chi connectivity index (χ4v) is 3.94. The van der Waals surface area contributed by atoms with Crippen LogP contribution in [0, 0.1) is 12.7 Å². The molecular formula is C26H24FNO6. The van der Waals surface area contributed by atoms with E-state index in [1.807, 2.05) is 6.92 Å². The summed E-state index contributed by atoms with van der Waals surface area (Å²) in [6.07, 6.45) is 0. The maximum Gasteiger partial charge on any atom is 0.300 e. The quantitative estimate of drug-likeness (QED) is 0.295. The van der Waals surface area contributed by atoms with Crippen LogP contribution >= 0.6 is 0 Å². The first-order valence-corrected chi connectivity index (χ1v) is 10.9. The lowest BCUT2D eigenvalue weighted by molar-refractivity contribution is -0.132. The van der Waals surface area contributed by atoms with E-state index >= 15 is 0 Å². The van der Waals surface area contributed by atoms with E-state index in [1.165, 1.54) is 29.2 Å². The molecule has 1 aromatic heterocycles. The average Bonchev–Trinajstić information content (AvgIpc) is 3.35. The molecule has 0 bridgehead atoms. The van der Waals surface area contributed by atoms with Gasteiger partial charge in [-0.2, -0.15) is 0 Å². The first kappa shape index (κ1) is 23.1. The Balaban J connectivity index is 1.92. The number of hydrogen-bond acceptors (Lipinski definition) is 6. The van der Waals surface area contributed by atoms with Crippen LogP contribution < -0.4 is 14.4 Å². The van der Waals surface area contributed by atoms with Crippen LogP contribution in [0.1, 0.15) is 37.0 Å². The summed E-state index contributed by atoms with van der Waals surface area (Å²) in [5.41, 5.74) is 0.364. The van der Waals surface area contributed by atoms with Gasteiger partial charge >= 0.3 is 0 Å². The summed E-state index contributed by atoms with van der Waals surface area (Å²) in [4.78, 5) is 27.5. The second-order valence-corrected chi connectivity index (χ2v) is 7.62. The number of rotatable bonds is 7. The van der Waals surface area contributed by atoms with Crippen molar-refractivity contribution in [3.05, 3.63) is 83.1 Å². The third-order valence-corrected chi connectivity index (χ3v) is 5.40. The number of benzene rings is 2. The number of ether oxygens (including phenoxy) is 2. The van der Waals surface area contributed by atoms with Gasteiger partial charge in [-0.1, -0.05) is 0 Å². The van der Waals surface area contributed by atoms with Gasteiger partial charge in [-0.05, 0) is 69.3 Å². The number of amides is 1.